The van der Waals surface area contributed by atoms with Crippen LogP contribution in [0.5, 0.6) is 5.75 Å². The predicted octanol–water partition coefficient (Wildman–Crippen LogP) is 1.56. The van der Waals surface area contributed by atoms with E-state index in [2.05, 4.69) is 5.32 Å². The van der Waals surface area contributed by atoms with Crippen LogP contribution in [0.25, 0.3) is 0 Å². The number of hydrogen-bond donors (Lipinski definition) is 2. The molecule has 0 aliphatic carbocycles. The van der Waals surface area contributed by atoms with Gasteiger partial charge in [0.05, 0.1) is 16.3 Å². The van der Waals surface area contributed by atoms with Crippen molar-refractivity contribution in [3.63, 3.8) is 0 Å². The van der Waals surface area contributed by atoms with E-state index in [1.807, 2.05) is 0 Å². The maximum atomic E-state index is 13.1. The molecule has 7 nitrogen and oxygen atoms in total. The molecule has 3 N–H and O–H groups in total. The van der Waals surface area contributed by atoms with E-state index in [9.17, 15) is 17.6 Å². The highest BCUT2D eigenvalue weighted by Gasteiger charge is 2.15. The van der Waals surface area contributed by atoms with Gasteiger partial charge in [0.2, 0.25) is 10.0 Å². The molecular weight excluding hydrogens is 349 g/mol. The largest absolute Gasteiger partial charge is 0.484 e. The van der Waals surface area contributed by atoms with Crippen LogP contribution in [0.15, 0.2) is 47.4 Å². The molecule has 0 aromatic heterocycles. The lowest BCUT2D eigenvalue weighted by Crippen LogP contribution is -2.23. The summed E-state index contributed by atoms with van der Waals surface area (Å²) in [6.07, 6.45) is 0. The van der Waals surface area contributed by atoms with Crippen molar-refractivity contribution in [2.24, 2.45) is 5.14 Å². The minimum atomic E-state index is -3.91. The van der Waals surface area contributed by atoms with Crippen LogP contribution in [0.2, 0.25) is 0 Å². The van der Waals surface area contributed by atoms with E-state index in [1.165, 1.54) is 36.4 Å². The fourth-order valence-electron chi connectivity index (χ4n) is 2.07. The topological polar surface area (TPSA) is 102 Å². The van der Waals surface area contributed by atoms with Crippen molar-refractivity contribution in [2.45, 2.75) is 4.90 Å². The Morgan fingerprint density at radius 2 is 1.96 bits per heavy atom. The lowest BCUT2D eigenvalue weighted by Gasteiger charge is -2.19. The predicted molar refractivity (Wildman–Crippen MR) is 92.7 cm³/mol. The SMILES string of the molecule is CN(C)c1ccc(S(N)(=O)=O)cc1NC(=O)COc1cccc(F)c1. The maximum Gasteiger partial charge on any atom is 0.262 e. The second-order valence-corrected chi connectivity index (χ2v) is 6.97. The average molecular weight is 367 g/mol. The second-order valence-electron chi connectivity index (χ2n) is 5.41. The molecule has 0 fully saturated rings. The van der Waals surface area contributed by atoms with Gasteiger partial charge < -0.3 is 15.0 Å². The lowest BCUT2D eigenvalue weighted by atomic mass is 10.2. The summed E-state index contributed by atoms with van der Waals surface area (Å²) in [5, 5.41) is 7.69. The van der Waals surface area contributed by atoms with E-state index in [1.54, 1.807) is 19.0 Å². The molecule has 25 heavy (non-hydrogen) atoms. The number of rotatable bonds is 6. The van der Waals surface area contributed by atoms with E-state index in [4.69, 9.17) is 9.88 Å². The number of ether oxygens (including phenoxy) is 1. The summed E-state index contributed by atoms with van der Waals surface area (Å²) in [6, 6.07) is 9.54. The van der Waals surface area contributed by atoms with Crippen molar-refractivity contribution in [1.29, 1.82) is 0 Å². The minimum absolute atomic E-state index is 0.126. The average Bonchev–Trinajstić information content (AvgIpc) is 2.52. The van der Waals surface area contributed by atoms with Crippen molar-refractivity contribution in [3.8, 4) is 5.75 Å². The van der Waals surface area contributed by atoms with Crippen molar-refractivity contribution in [2.75, 3.05) is 30.9 Å². The summed E-state index contributed by atoms with van der Waals surface area (Å²) < 4.78 is 41.3. The van der Waals surface area contributed by atoms with Crippen LogP contribution in [-0.4, -0.2) is 35.0 Å². The van der Waals surface area contributed by atoms with Gasteiger partial charge in [-0.3, -0.25) is 4.79 Å². The summed E-state index contributed by atoms with van der Waals surface area (Å²) in [5.74, 6) is -0.797. The summed E-state index contributed by atoms with van der Waals surface area (Å²) >= 11 is 0. The zero-order chi connectivity index (χ0) is 18.6. The monoisotopic (exact) mass is 367 g/mol. The van der Waals surface area contributed by atoms with Crippen LogP contribution < -0.4 is 20.1 Å². The van der Waals surface area contributed by atoms with E-state index in [-0.39, 0.29) is 22.9 Å². The molecule has 0 heterocycles. The van der Waals surface area contributed by atoms with Crippen molar-refractivity contribution in [3.05, 3.63) is 48.3 Å². The number of amides is 1. The van der Waals surface area contributed by atoms with Crippen LogP contribution in [0, 0.1) is 5.82 Å². The number of nitrogens with two attached hydrogens (primary N) is 1. The van der Waals surface area contributed by atoms with Crippen LogP contribution in [0.4, 0.5) is 15.8 Å². The Bertz CT molecular complexity index is 885. The molecule has 0 atom stereocenters. The van der Waals surface area contributed by atoms with Gasteiger partial charge in [-0.25, -0.2) is 17.9 Å². The Morgan fingerprint density at radius 3 is 2.56 bits per heavy atom. The third kappa shape index (κ3) is 5.16. The number of anilines is 2. The minimum Gasteiger partial charge on any atom is -0.484 e. The third-order valence-corrected chi connectivity index (χ3v) is 4.13. The normalized spacial score (nSPS) is 11.0. The molecule has 9 heteroatoms. The van der Waals surface area contributed by atoms with Gasteiger partial charge in [0.1, 0.15) is 11.6 Å². The van der Waals surface area contributed by atoms with E-state index in [0.29, 0.717) is 5.69 Å². The molecule has 1 amide bonds. The van der Waals surface area contributed by atoms with Gasteiger partial charge in [0, 0.05) is 20.2 Å². The first kappa shape index (κ1) is 18.7. The third-order valence-electron chi connectivity index (χ3n) is 3.22. The molecule has 0 aliphatic rings. The first-order chi connectivity index (χ1) is 11.7. The van der Waals surface area contributed by atoms with Gasteiger partial charge in [-0.05, 0) is 30.3 Å². The van der Waals surface area contributed by atoms with Gasteiger partial charge in [0.25, 0.3) is 5.91 Å². The molecule has 2 aromatic rings. The fourth-order valence-corrected chi connectivity index (χ4v) is 2.61. The van der Waals surface area contributed by atoms with Gasteiger partial charge in [-0.15, -0.1) is 0 Å². The van der Waals surface area contributed by atoms with E-state index in [0.717, 1.165) is 6.07 Å². The number of sulfonamides is 1. The second kappa shape index (κ2) is 7.49. The number of nitrogens with zero attached hydrogens (tertiary/aromatic N) is 1. The quantitative estimate of drug-likeness (QED) is 0.807. The summed E-state index contributed by atoms with van der Waals surface area (Å²) in [6.45, 7) is -0.365. The Kier molecular flexibility index (Phi) is 5.60. The molecule has 0 saturated carbocycles. The van der Waals surface area contributed by atoms with Crippen molar-refractivity contribution in [1.82, 2.24) is 0 Å². The molecule has 2 aromatic carbocycles. The zero-order valence-corrected chi connectivity index (χ0v) is 14.5. The fraction of sp³-hybridized carbons (Fsp3) is 0.188. The van der Waals surface area contributed by atoms with Gasteiger partial charge in [0.15, 0.2) is 6.61 Å². The first-order valence-corrected chi connectivity index (χ1v) is 8.74. The Morgan fingerprint density at radius 1 is 1.24 bits per heavy atom. The van der Waals surface area contributed by atoms with Gasteiger partial charge in [-0.1, -0.05) is 6.07 Å². The number of benzene rings is 2. The molecule has 0 radical (unpaired) electrons. The number of carbonyl (C=O) groups is 1. The Balaban J connectivity index is 2.15. The van der Waals surface area contributed by atoms with E-state index >= 15 is 0 Å². The highest BCUT2D eigenvalue weighted by atomic mass is 32.2. The Labute approximate surface area is 145 Å². The lowest BCUT2D eigenvalue weighted by molar-refractivity contribution is -0.118. The number of carbonyl (C=O) groups excluding carboxylic acids is 1. The maximum absolute atomic E-state index is 13.1. The molecule has 0 bridgehead atoms. The molecule has 0 saturated heterocycles. The first-order valence-electron chi connectivity index (χ1n) is 7.19. The molecular formula is C16H18FN3O4S. The molecule has 0 aliphatic heterocycles. The summed E-state index contributed by atoms with van der Waals surface area (Å²) in [4.78, 5) is 13.7. The molecule has 134 valence electrons. The summed E-state index contributed by atoms with van der Waals surface area (Å²) in [5.41, 5.74) is 0.857. The van der Waals surface area contributed by atoms with Gasteiger partial charge in [-0.2, -0.15) is 0 Å². The van der Waals surface area contributed by atoms with E-state index < -0.39 is 21.7 Å². The molecule has 0 unspecified atom stereocenters. The van der Waals surface area contributed by atoms with Crippen molar-refractivity contribution >= 4 is 27.3 Å². The zero-order valence-electron chi connectivity index (χ0n) is 13.7. The highest BCUT2D eigenvalue weighted by Crippen LogP contribution is 2.27. The molecule has 2 rings (SSSR count). The molecule has 0 spiro atoms. The number of primary sulfonamides is 1. The van der Waals surface area contributed by atoms with Crippen LogP contribution in [-0.2, 0) is 14.8 Å². The van der Waals surface area contributed by atoms with Crippen LogP contribution in [0.1, 0.15) is 0 Å². The van der Waals surface area contributed by atoms with Gasteiger partial charge >= 0.3 is 0 Å². The smallest absolute Gasteiger partial charge is 0.262 e. The number of halogens is 1. The summed E-state index contributed by atoms with van der Waals surface area (Å²) in [7, 11) is -0.424. The standard InChI is InChI=1S/C16H18FN3O4S/c1-20(2)15-7-6-13(25(18,22)23)9-14(15)19-16(21)10-24-12-5-3-4-11(17)8-12/h3-9H,10H2,1-2H3,(H,19,21)(H2,18,22,23). The number of hydrogen-bond acceptors (Lipinski definition) is 5. The van der Waals surface area contributed by atoms with Crippen molar-refractivity contribution < 1.29 is 22.3 Å². The highest BCUT2D eigenvalue weighted by molar-refractivity contribution is 7.89. The number of nitrogens with one attached hydrogen (secondary N) is 1. The van der Waals surface area contributed by atoms with Crippen LogP contribution >= 0.6 is 0 Å². The Hall–Kier alpha value is -2.65. The van der Waals surface area contributed by atoms with Crippen LogP contribution in [0.3, 0.4) is 0 Å².